The quantitative estimate of drug-likeness (QED) is 0.204. The molecule has 1 N–H and O–H groups in total. The Hall–Kier alpha value is -3.00. The Balaban J connectivity index is 1.63. The smallest absolute Gasteiger partial charge is 0.354 e. The van der Waals surface area contributed by atoms with E-state index in [0.29, 0.717) is 57.9 Å². The van der Waals surface area contributed by atoms with Crippen LogP contribution in [-0.4, -0.2) is 26.2 Å². The second-order valence-electron chi connectivity index (χ2n) is 7.62. The van der Waals surface area contributed by atoms with Crippen LogP contribution in [0.25, 0.3) is 11.3 Å². The fourth-order valence-electron chi connectivity index (χ4n) is 3.38. The minimum atomic E-state index is -1.05. The highest BCUT2D eigenvalue weighted by atomic mass is 79.9. The lowest BCUT2D eigenvalue weighted by molar-refractivity contribution is 0.0683. The summed E-state index contributed by atoms with van der Waals surface area (Å²) in [6.07, 6.45) is 0. The fourth-order valence-corrected chi connectivity index (χ4v) is 3.97. The molecule has 0 aliphatic heterocycles. The molecule has 0 aliphatic carbocycles. The van der Waals surface area contributed by atoms with E-state index in [0.717, 1.165) is 11.1 Å². The second-order valence-corrected chi connectivity index (χ2v) is 9.29. The molecule has 4 aromatic rings. The van der Waals surface area contributed by atoms with Crippen molar-refractivity contribution in [2.45, 2.75) is 19.8 Å². The van der Waals surface area contributed by atoms with Crippen molar-refractivity contribution in [3.63, 3.8) is 0 Å². The number of nitrogens with zero attached hydrogens (tertiary/aromatic N) is 2. The third-order valence-corrected chi connectivity index (χ3v) is 6.01. The van der Waals surface area contributed by atoms with Crippen LogP contribution >= 0.6 is 39.1 Å². The van der Waals surface area contributed by atoms with E-state index in [1.807, 2.05) is 48.5 Å². The molecule has 0 saturated heterocycles. The van der Waals surface area contributed by atoms with Gasteiger partial charge in [-0.2, -0.15) is 5.10 Å². The van der Waals surface area contributed by atoms with Gasteiger partial charge in [0.05, 0.1) is 12.2 Å². The molecule has 180 valence electrons. The molecular formula is C26H21BrCl2N2O4. The summed E-state index contributed by atoms with van der Waals surface area (Å²) in [4.78, 5) is 11.7. The van der Waals surface area contributed by atoms with Crippen LogP contribution in [0.2, 0.25) is 10.0 Å². The zero-order valence-electron chi connectivity index (χ0n) is 18.5. The number of hydrogen-bond acceptors (Lipinski definition) is 4. The molecular weight excluding hydrogens is 555 g/mol. The normalized spacial score (nSPS) is 10.8. The molecule has 0 fully saturated rings. The summed E-state index contributed by atoms with van der Waals surface area (Å²) in [5, 5.41) is 16.0. The standard InChI is InChI=1S/C26H21BrCl2N2O4/c27-11-12-31-24(26(32)33)14-23(30-31)22-10-9-21(34-15-17-1-5-19(28)6-2-17)13-25(22)35-16-18-3-7-20(29)8-4-18/h1-10,13-14H,11-12,15-16H2,(H,32,33). The number of rotatable bonds is 10. The van der Waals surface area contributed by atoms with Gasteiger partial charge in [0.1, 0.15) is 30.4 Å². The van der Waals surface area contributed by atoms with Crippen LogP contribution in [0, 0.1) is 0 Å². The van der Waals surface area contributed by atoms with Gasteiger partial charge in [-0.05, 0) is 53.6 Å². The first-order valence-corrected chi connectivity index (χ1v) is 12.6. The molecule has 9 heteroatoms. The maximum Gasteiger partial charge on any atom is 0.354 e. The summed E-state index contributed by atoms with van der Waals surface area (Å²) in [6.45, 7) is 1.07. The van der Waals surface area contributed by atoms with Crippen molar-refractivity contribution in [1.82, 2.24) is 9.78 Å². The van der Waals surface area contributed by atoms with Crippen LogP contribution < -0.4 is 9.47 Å². The van der Waals surface area contributed by atoms with Gasteiger partial charge in [-0.3, -0.25) is 4.68 Å². The van der Waals surface area contributed by atoms with Crippen LogP contribution in [-0.2, 0) is 19.8 Å². The summed E-state index contributed by atoms with van der Waals surface area (Å²) in [5.74, 6) is 0.0818. The molecule has 0 amide bonds. The van der Waals surface area contributed by atoms with Crippen LogP contribution in [0.3, 0.4) is 0 Å². The molecule has 0 spiro atoms. The Bertz CT molecular complexity index is 1310. The molecule has 1 aromatic heterocycles. The van der Waals surface area contributed by atoms with Gasteiger partial charge < -0.3 is 14.6 Å². The van der Waals surface area contributed by atoms with Gasteiger partial charge in [0, 0.05) is 27.0 Å². The largest absolute Gasteiger partial charge is 0.489 e. The average molecular weight is 576 g/mol. The van der Waals surface area contributed by atoms with Gasteiger partial charge in [-0.15, -0.1) is 0 Å². The molecule has 1 heterocycles. The second kappa shape index (κ2) is 11.6. The van der Waals surface area contributed by atoms with E-state index < -0.39 is 5.97 Å². The van der Waals surface area contributed by atoms with Crippen LogP contribution in [0.5, 0.6) is 11.5 Å². The summed E-state index contributed by atoms with van der Waals surface area (Å²) in [6, 6.07) is 21.8. The lowest BCUT2D eigenvalue weighted by Crippen LogP contribution is -2.10. The van der Waals surface area contributed by atoms with Crippen molar-refractivity contribution in [1.29, 1.82) is 0 Å². The molecule has 0 bridgehead atoms. The summed E-state index contributed by atoms with van der Waals surface area (Å²) in [5.41, 5.74) is 3.17. The van der Waals surface area contributed by atoms with E-state index in [4.69, 9.17) is 32.7 Å². The topological polar surface area (TPSA) is 73.6 Å². The van der Waals surface area contributed by atoms with E-state index in [1.165, 1.54) is 4.68 Å². The lowest BCUT2D eigenvalue weighted by atomic mass is 10.1. The van der Waals surface area contributed by atoms with E-state index in [9.17, 15) is 9.90 Å². The molecule has 0 saturated carbocycles. The molecule has 4 rings (SSSR count). The third kappa shape index (κ3) is 6.57. The summed E-state index contributed by atoms with van der Waals surface area (Å²) >= 11 is 15.3. The first-order chi connectivity index (χ1) is 16.9. The molecule has 6 nitrogen and oxygen atoms in total. The number of carboxylic acids is 1. The number of carboxylic acid groups (broad SMARTS) is 1. The first-order valence-electron chi connectivity index (χ1n) is 10.7. The lowest BCUT2D eigenvalue weighted by Gasteiger charge is -2.13. The van der Waals surface area contributed by atoms with Gasteiger partial charge in [0.15, 0.2) is 0 Å². The number of hydrogen-bond donors (Lipinski definition) is 1. The Morgan fingerprint density at radius 2 is 1.49 bits per heavy atom. The van der Waals surface area contributed by atoms with Crippen molar-refractivity contribution in [2.24, 2.45) is 0 Å². The SMILES string of the molecule is O=C(O)c1cc(-c2ccc(OCc3ccc(Cl)cc3)cc2OCc2ccc(Cl)cc2)nn1CCBr. The molecule has 0 radical (unpaired) electrons. The van der Waals surface area contributed by atoms with E-state index in [-0.39, 0.29) is 5.69 Å². The fraction of sp³-hybridized carbons (Fsp3) is 0.154. The molecule has 35 heavy (non-hydrogen) atoms. The Labute approximate surface area is 221 Å². The van der Waals surface area contributed by atoms with Crippen LogP contribution in [0.1, 0.15) is 21.6 Å². The number of alkyl halides is 1. The number of aryl methyl sites for hydroxylation is 1. The zero-order valence-corrected chi connectivity index (χ0v) is 21.6. The average Bonchev–Trinajstić information content (AvgIpc) is 3.28. The highest BCUT2D eigenvalue weighted by Crippen LogP contribution is 2.34. The van der Waals surface area contributed by atoms with Gasteiger partial charge in [0.25, 0.3) is 0 Å². The summed E-state index contributed by atoms with van der Waals surface area (Å²) < 4.78 is 13.6. The maximum absolute atomic E-state index is 11.7. The number of carbonyl (C=O) groups is 1. The van der Waals surface area contributed by atoms with Gasteiger partial charge in [-0.1, -0.05) is 63.4 Å². The zero-order chi connectivity index (χ0) is 24.8. The molecule has 0 atom stereocenters. The van der Waals surface area contributed by atoms with Gasteiger partial charge in [0.2, 0.25) is 0 Å². The van der Waals surface area contributed by atoms with Crippen molar-refractivity contribution >= 4 is 45.1 Å². The number of aromatic carboxylic acids is 1. The highest BCUT2D eigenvalue weighted by Gasteiger charge is 2.18. The van der Waals surface area contributed by atoms with E-state index in [1.54, 1.807) is 24.3 Å². The van der Waals surface area contributed by atoms with Crippen molar-refractivity contribution in [2.75, 3.05) is 5.33 Å². The van der Waals surface area contributed by atoms with Crippen LogP contribution in [0.4, 0.5) is 0 Å². The van der Waals surface area contributed by atoms with Gasteiger partial charge >= 0.3 is 5.97 Å². The van der Waals surface area contributed by atoms with Crippen molar-refractivity contribution in [3.05, 3.63) is 99.7 Å². The number of aromatic nitrogens is 2. The minimum absolute atomic E-state index is 0.103. The van der Waals surface area contributed by atoms with Crippen LogP contribution in [0.15, 0.2) is 72.8 Å². The molecule has 3 aromatic carbocycles. The van der Waals surface area contributed by atoms with E-state index in [2.05, 4.69) is 21.0 Å². The Kier molecular flexibility index (Phi) is 8.33. The van der Waals surface area contributed by atoms with E-state index >= 15 is 0 Å². The monoisotopic (exact) mass is 574 g/mol. The number of ether oxygens (including phenoxy) is 2. The third-order valence-electron chi connectivity index (χ3n) is 5.15. The predicted molar refractivity (Wildman–Crippen MR) is 140 cm³/mol. The number of halogens is 3. The summed E-state index contributed by atoms with van der Waals surface area (Å²) in [7, 11) is 0. The first kappa shape index (κ1) is 25.1. The Morgan fingerprint density at radius 3 is 2.06 bits per heavy atom. The van der Waals surface area contributed by atoms with Gasteiger partial charge in [-0.25, -0.2) is 4.79 Å². The molecule has 0 aliphatic rings. The predicted octanol–water partition coefficient (Wildman–Crippen LogP) is 7.11. The minimum Gasteiger partial charge on any atom is -0.489 e. The highest BCUT2D eigenvalue weighted by molar-refractivity contribution is 9.09. The molecule has 0 unspecified atom stereocenters. The van der Waals surface area contributed by atoms with Crippen molar-refractivity contribution < 1.29 is 19.4 Å². The van der Waals surface area contributed by atoms with Crippen molar-refractivity contribution in [3.8, 4) is 22.8 Å². The maximum atomic E-state index is 11.7. The Morgan fingerprint density at radius 1 is 0.886 bits per heavy atom. The number of benzene rings is 3.